The molecule has 0 bridgehead atoms. The third kappa shape index (κ3) is 3.96. The van der Waals surface area contributed by atoms with Crippen LogP contribution in [0.5, 0.6) is 0 Å². The Labute approximate surface area is 189 Å². The van der Waals surface area contributed by atoms with Crippen LogP contribution >= 0.6 is 0 Å². The normalized spacial score (nSPS) is 29.6. The zero-order chi connectivity index (χ0) is 22.3. The highest BCUT2D eigenvalue weighted by Gasteiger charge is 2.60. The molecule has 0 radical (unpaired) electrons. The fraction of sp³-hybridized carbons (Fsp3) is 0.538. The van der Waals surface area contributed by atoms with Crippen LogP contribution in [0.25, 0.3) is 11.1 Å². The smallest absolute Gasteiger partial charge is 0.250 e. The molecule has 6 nitrogen and oxygen atoms in total. The molecular weight excluding hydrogens is 402 g/mol. The molecule has 2 aromatic rings. The molecule has 2 aliphatic carbocycles. The first-order valence-corrected chi connectivity index (χ1v) is 11.8. The Bertz CT molecular complexity index is 984. The van der Waals surface area contributed by atoms with E-state index in [-0.39, 0.29) is 12.0 Å². The van der Waals surface area contributed by atoms with Crippen LogP contribution in [0, 0.1) is 5.92 Å². The number of nitrogens with two attached hydrogens (primary N) is 1. The zero-order valence-electron chi connectivity index (χ0n) is 18.8. The third-order valence-corrected chi connectivity index (χ3v) is 7.89. The average Bonchev–Trinajstić information content (AvgIpc) is 3.39. The SMILES string of the molecule is COCCN1CC2CC2(c2ccc(-c3cnc(C4CCC(O)CC4)c(C(N)=O)c3)cc2)C1. The van der Waals surface area contributed by atoms with E-state index in [9.17, 15) is 9.90 Å². The van der Waals surface area contributed by atoms with E-state index in [1.54, 1.807) is 7.11 Å². The molecule has 2 heterocycles. The van der Waals surface area contributed by atoms with E-state index in [0.717, 1.165) is 74.7 Å². The summed E-state index contributed by atoms with van der Waals surface area (Å²) in [6.07, 6.45) is 6.08. The molecule has 1 aromatic heterocycles. The van der Waals surface area contributed by atoms with E-state index in [1.807, 2.05) is 12.3 Å². The van der Waals surface area contributed by atoms with Gasteiger partial charge in [-0.1, -0.05) is 24.3 Å². The minimum atomic E-state index is -0.432. The summed E-state index contributed by atoms with van der Waals surface area (Å²) in [5.74, 6) is 0.507. The van der Waals surface area contributed by atoms with Crippen LogP contribution in [-0.4, -0.2) is 60.4 Å². The van der Waals surface area contributed by atoms with E-state index in [0.29, 0.717) is 11.0 Å². The van der Waals surface area contributed by atoms with Gasteiger partial charge in [-0.05, 0) is 55.2 Å². The number of primary amides is 1. The molecule has 32 heavy (non-hydrogen) atoms. The Morgan fingerprint density at radius 2 is 1.97 bits per heavy atom. The van der Waals surface area contributed by atoms with E-state index in [1.165, 1.54) is 12.0 Å². The molecule has 0 spiro atoms. The van der Waals surface area contributed by atoms with Gasteiger partial charge in [0.05, 0.1) is 24.0 Å². The number of ether oxygens (including phenoxy) is 1. The Hall–Kier alpha value is -2.28. The molecule has 1 aliphatic heterocycles. The maximum Gasteiger partial charge on any atom is 0.250 e. The number of fused-ring (bicyclic) bond motifs is 1. The number of likely N-dealkylation sites (tertiary alicyclic amines) is 1. The van der Waals surface area contributed by atoms with E-state index >= 15 is 0 Å². The first kappa shape index (κ1) is 21.6. The molecule has 6 heteroatoms. The fourth-order valence-corrected chi connectivity index (χ4v) is 5.92. The number of carbonyl (C=O) groups is 1. The van der Waals surface area contributed by atoms with Crippen molar-refractivity contribution in [2.45, 2.75) is 49.5 Å². The average molecular weight is 436 g/mol. The maximum atomic E-state index is 12.2. The van der Waals surface area contributed by atoms with Crippen molar-refractivity contribution in [3.8, 4) is 11.1 Å². The lowest BCUT2D eigenvalue weighted by atomic mass is 9.83. The van der Waals surface area contributed by atoms with Gasteiger partial charge >= 0.3 is 0 Å². The van der Waals surface area contributed by atoms with Gasteiger partial charge in [-0.25, -0.2) is 0 Å². The first-order chi connectivity index (χ1) is 15.5. The fourth-order valence-electron chi connectivity index (χ4n) is 5.92. The summed E-state index contributed by atoms with van der Waals surface area (Å²) in [7, 11) is 1.76. The topological polar surface area (TPSA) is 88.7 Å². The van der Waals surface area contributed by atoms with Gasteiger partial charge in [-0.15, -0.1) is 0 Å². The highest BCUT2D eigenvalue weighted by Crippen LogP contribution is 2.59. The van der Waals surface area contributed by atoms with Gasteiger partial charge in [0.1, 0.15) is 0 Å². The minimum absolute atomic E-state index is 0.187. The second-order valence-corrected chi connectivity index (χ2v) is 9.89. The number of pyridine rings is 1. The number of hydrogen-bond acceptors (Lipinski definition) is 5. The monoisotopic (exact) mass is 435 g/mol. The zero-order valence-corrected chi connectivity index (χ0v) is 18.8. The largest absolute Gasteiger partial charge is 0.393 e. The molecule has 2 saturated carbocycles. The molecule has 1 aromatic carbocycles. The van der Waals surface area contributed by atoms with Crippen LogP contribution in [-0.2, 0) is 10.2 Å². The Morgan fingerprint density at radius 1 is 1.22 bits per heavy atom. The molecule has 3 fully saturated rings. The standard InChI is InChI=1S/C26H33N3O3/c1-32-11-10-29-15-21-13-26(21,16-29)20-6-2-17(3-7-20)19-12-23(25(27)31)24(28-14-19)18-4-8-22(30)9-5-18/h2-3,6-7,12,14,18,21-22,30H,4-5,8-11,13,15-16H2,1H3,(H2,27,31). The van der Waals surface area contributed by atoms with Crippen LogP contribution in [0.2, 0.25) is 0 Å². The molecule has 3 N–H and O–H groups in total. The van der Waals surface area contributed by atoms with E-state index in [2.05, 4.69) is 34.1 Å². The molecular formula is C26H33N3O3. The lowest BCUT2D eigenvalue weighted by molar-refractivity contribution is 0.0996. The van der Waals surface area contributed by atoms with Crippen LogP contribution in [0.4, 0.5) is 0 Å². The van der Waals surface area contributed by atoms with Crippen molar-refractivity contribution in [3.63, 3.8) is 0 Å². The number of nitrogens with zero attached hydrogens (tertiary/aromatic N) is 2. The third-order valence-electron chi connectivity index (χ3n) is 7.89. The first-order valence-electron chi connectivity index (χ1n) is 11.8. The Balaban J connectivity index is 1.34. The van der Waals surface area contributed by atoms with Gasteiger partial charge in [0.2, 0.25) is 0 Å². The molecule has 2 atom stereocenters. The van der Waals surface area contributed by atoms with Crippen LogP contribution in [0.3, 0.4) is 0 Å². The number of aromatic nitrogens is 1. The van der Waals surface area contributed by atoms with Crippen molar-refractivity contribution in [1.29, 1.82) is 0 Å². The highest BCUT2D eigenvalue weighted by atomic mass is 16.5. The number of hydrogen-bond donors (Lipinski definition) is 2. The predicted octanol–water partition coefficient (Wildman–Crippen LogP) is 3.09. The Morgan fingerprint density at radius 3 is 2.66 bits per heavy atom. The van der Waals surface area contributed by atoms with Crippen molar-refractivity contribution in [2.24, 2.45) is 11.7 Å². The van der Waals surface area contributed by atoms with Gasteiger partial charge < -0.3 is 15.6 Å². The summed E-state index contributed by atoms with van der Waals surface area (Å²) < 4.78 is 5.24. The van der Waals surface area contributed by atoms with Crippen LogP contribution < -0.4 is 5.73 Å². The van der Waals surface area contributed by atoms with Crippen molar-refractivity contribution >= 4 is 5.91 Å². The van der Waals surface area contributed by atoms with Crippen molar-refractivity contribution in [2.75, 3.05) is 33.4 Å². The second-order valence-electron chi connectivity index (χ2n) is 9.89. The second kappa shape index (κ2) is 8.58. The van der Waals surface area contributed by atoms with Gasteiger partial charge in [-0.3, -0.25) is 14.7 Å². The van der Waals surface area contributed by atoms with Crippen LogP contribution in [0.1, 0.15) is 59.6 Å². The Kier molecular flexibility index (Phi) is 5.78. The number of aliphatic hydroxyl groups is 1. The number of benzene rings is 1. The molecule has 1 amide bonds. The number of rotatable bonds is 7. The maximum absolute atomic E-state index is 12.2. The van der Waals surface area contributed by atoms with Gasteiger partial charge in [-0.2, -0.15) is 0 Å². The summed E-state index contributed by atoms with van der Waals surface area (Å²) in [6, 6.07) is 10.7. The lowest BCUT2D eigenvalue weighted by Gasteiger charge is -2.26. The summed E-state index contributed by atoms with van der Waals surface area (Å²) in [4.78, 5) is 19.4. The van der Waals surface area contributed by atoms with Gasteiger partial charge in [0.15, 0.2) is 0 Å². The number of amides is 1. The van der Waals surface area contributed by atoms with Crippen molar-refractivity contribution in [1.82, 2.24) is 9.88 Å². The minimum Gasteiger partial charge on any atom is -0.393 e. The number of piperidine rings is 1. The summed E-state index contributed by atoms with van der Waals surface area (Å²) in [5, 5.41) is 9.80. The number of methoxy groups -OCH3 is 1. The molecule has 170 valence electrons. The molecule has 3 aliphatic rings. The van der Waals surface area contributed by atoms with Crippen LogP contribution in [0.15, 0.2) is 36.5 Å². The van der Waals surface area contributed by atoms with Gasteiger partial charge in [0.25, 0.3) is 5.91 Å². The van der Waals surface area contributed by atoms with Crippen molar-refractivity contribution < 1.29 is 14.6 Å². The highest BCUT2D eigenvalue weighted by molar-refractivity contribution is 5.95. The molecule has 1 saturated heterocycles. The summed E-state index contributed by atoms with van der Waals surface area (Å²) in [5.41, 5.74) is 10.7. The number of carbonyl (C=O) groups excluding carboxylic acids is 1. The summed E-state index contributed by atoms with van der Waals surface area (Å²) in [6.45, 7) is 4.06. The predicted molar refractivity (Wildman–Crippen MR) is 124 cm³/mol. The van der Waals surface area contributed by atoms with Gasteiger partial charge in [0, 0.05) is 49.8 Å². The van der Waals surface area contributed by atoms with E-state index in [4.69, 9.17) is 10.5 Å². The van der Waals surface area contributed by atoms with Crippen molar-refractivity contribution in [3.05, 3.63) is 53.3 Å². The summed E-state index contributed by atoms with van der Waals surface area (Å²) >= 11 is 0. The lowest BCUT2D eigenvalue weighted by Crippen LogP contribution is -2.29. The number of aliphatic hydroxyl groups excluding tert-OH is 1. The molecule has 2 unspecified atom stereocenters. The molecule has 5 rings (SSSR count). The quantitative estimate of drug-likeness (QED) is 0.698. The van der Waals surface area contributed by atoms with E-state index < -0.39 is 5.91 Å².